The van der Waals surface area contributed by atoms with Crippen molar-refractivity contribution in [3.8, 4) is 5.75 Å². The van der Waals surface area contributed by atoms with E-state index in [1.54, 1.807) is 7.11 Å². The molecule has 34 heavy (non-hydrogen) atoms. The van der Waals surface area contributed by atoms with Gasteiger partial charge in [0.05, 0.1) is 30.9 Å². The molecule has 1 aliphatic heterocycles. The number of alkyl halides is 3. The largest absolute Gasteiger partial charge is 0.497 e. The number of carboxylic acid groups (broad SMARTS) is 1. The van der Waals surface area contributed by atoms with Crippen molar-refractivity contribution in [2.24, 2.45) is 0 Å². The molecule has 1 aromatic carbocycles. The van der Waals surface area contributed by atoms with Crippen molar-refractivity contribution in [2.45, 2.75) is 31.5 Å². The van der Waals surface area contributed by atoms with E-state index in [-0.39, 0.29) is 0 Å². The first-order valence-corrected chi connectivity index (χ1v) is 11.0. The topological polar surface area (TPSA) is 92.5 Å². The molecule has 8 nitrogen and oxygen atoms in total. The smallest absolute Gasteiger partial charge is 0.490 e. The van der Waals surface area contributed by atoms with Crippen molar-refractivity contribution in [1.29, 1.82) is 0 Å². The number of benzene rings is 1. The van der Waals surface area contributed by atoms with Gasteiger partial charge in [0.1, 0.15) is 5.75 Å². The second kappa shape index (κ2) is 9.88. The molecule has 0 unspecified atom stereocenters. The number of nitrogens with one attached hydrogen (secondary N) is 1. The zero-order valence-electron chi connectivity index (χ0n) is 18.7. The van der Waals surface area contributed by atoms with Gasteiger partial charge in [0, 0.05) is 32.4 Å². The molecule has 0 radical (unpaired) electrons. The number of hydrogen-bond donors (Lipinski definition) is 2. The van der Waals surface area contributed by atoms with Crippen LogP contribution >= 0.6 is 0 Å². The van der Waals surface area contributed by atoms with Gasteiger partial charge in [0.2, 0.25) is 0 Å². The molecule has 2 N–H and O–H groups in total. The lowest BCUT2D eigenvalue weighted by molar-refractivity contribution is -0.192. The Morgan fingerprint density at radius 1 is 1.18 bits per heavy atom. The van der Waals surface area contributed by atoms with Gasteiger partial charge in [-0.1, -0.05) is 12.1 Å². The first-order chi connectivity index (χ1) is 16.3. The molecule has 0 bridgehead atoms. The highest BCUT2D eigenvalue weighted by molar-refractivity contribution is 5.91. The minimum atomic E-state index is -5.08. The Hall–Kier alpha value is -3.34. The molecule has 2 aliphatic rings. The zero-order chi connectivity index (χ0) is 24.3. The fourth-order valence-electron chi connectivity index (χ4n) is 3.98. The molecule has 3 heterocycles. The van der Waals surface area contributed by atoms with Crippen LogP contribution < -0.4 is 15.0 Å². The molecule has 0 spiro atoms. The van der Waals surface area contributed by atoms with E-state index in [1.165, 1.54) is 35.0 Å². The number of anilines is 1. The van der Waals surface area contributed by atoms with Gasteiger partial charge >= 0.3 is 12.1 Å². The van der Waals surface area contributed by atoms with Crippen molar-refractivity contribution >= 4 is 22.7 Å². The van der Waals surface area contributed by atoms with E-state index in [4.69, 9.17) is 24.7 Å². The van der Waals surface area contributed by atoms with Gasteiger partial charge in [-0.2, -0.15) is 18.3 Å². The third kappa shape index (κ3) is 5.41. The van der Waals surface area contributed by atoms with Crippen LogP contribution in [0, 0.1) is 0 Å². The highest BCUT2D eigenvalue weighted by Crippen LogP contribution is 2.46. The quantitative estimate of drug-likeness (QED) is 0.582. The van der Waals surface area contributed by atoms with E-state index in [9.17, 15) is 13.2 Å². The highest BCUT2D eigenvalue weighted by atomic mass is 19.4. The minimum absolute atomic E-state index is 0.678. The number of aromatic nitrogens is 3. The molecule has 1 saturated heterocycles. The second-order valence-corrected chi connectivity index (χ2v) is 8.26. The Labute approximate surface area is 194 Å². The van der Waals surface area contributed by atoms with Crippen LogP contribution in [-0.2, 0) is 11.3 Å². The van der Waals surface area contributed by atoms with Crippen molar-refractivity contribution < 1.29 is 27.8 Å². The summed E-state index contributed by atoms with van der Waals surface area (Å²) in [4.78, 5) is 16.2. The van der Waals surface area contributed by atoms with E-state index in [0.29, 0.717) is 12.5 Å². The first-order valence-electron chi connectivity index (χ1n) is 11.0. The molecule has 0 atom stereocenters. The number of carboxylic acids is 1. The second-order valence-electron chi connectivity index (χ2n) is 8.26. The third-order valence-electron chi connectivity index (χ3n) is 5.85. The number of ether oxygens (including phenoxy) is 1. The predicted octanol–water partition coefficient (Wildman–Crippen LogP) is 3.41. The molecule has 2 aromatic heterocycles. The SMILES string of the molecule is COc1ccc(Cn2ncc3c(N4CCNCC4)c(C4CC4)cnc32)cc1.O=C(O)C(F)(F)F. The highest BCUT2D eigenvalue weighted by Gasteiger charge is 2.38. The molecule has 1 aliphatic carbocycles. The summed E-state index contributed by atoms with van der Waals surface area (Å²) in [6.07, 6.45) is 1.59. The lowest BCUT2D eigenvalue weighted by atomic mass is 10.1. The van der Waals surface area contributed by atoms with Crippen molar-refractivity contribution in [2.75, 3.05) is 38.2 Å². The van der Waals surface area contributed by atoms with Crippen LogP contribution in [0.25, 0.3) is 11.0 Å². The molecule has 0 amide bonds. The number of aliphatic carboxylic acids is 1. The summed E-state index contributed by atoms with van der Waals surface area (Å²) in [6, 6.07) is 8.15. The van der Waals surface area contributed by atoms with Gasteiger partial charge in [0.15, 0.2) is 5.65 Å². The molecule has 1 saturated carbocycles. The maximum atomic E-state index is 10.6. The first kappa shape index (κ1) is 23.8. The molecule has 182 valence electrons. The number of methoxy groups -OCH3 is 1. The summed E-state index contributed by atoms with van der Waals surface area (Å²) in [5.41, 5.74) is 4.94. The van der Waals surface area contributed by atoms with Crippen LogP contribution in [0.3, 0.4) is 0 Å². The molecular weight excluding hydrogens is 451 g/mol. The predicted molar refractivity (Wildman–Crippen MR) is 120 cm³/mol. The Bertz CT molecular complexity index is 1140. The Balaban J connectivity index is 0.000000344. The lowest BCUT2D eigenvalue weighted by Crippen LogP contribution is -2.44. The number of piperazine rings is 1. The summed E-state index contributed by atoms with van der Waals surface area (Å²) in [7, 11) is 1.69. The number of carbonyl (C=O) groups is 1. The fraction of sp³-hybridized carbons (Fsp3) is 0.435. The molecule has 3 aromatic rings. The van der Waals surface area contributed by atoms with Crippen LogP contribution in [-0.4, -0.2) is 65.3 Å². The maximum Gasteiger partial charge on any atom is 0.490 e. The summed E-state index contributed by atoms with van der Waals surface area (Å²) < 4.78 is 39.0. The summed E-state index contributed by atoms with van der Waals surface area (Å²) >= 11 is 0. The van der Waals surface area contributed by atoms with Gasteiger partial charge in [-0.05, 0) is 42.0 Å². The van der Waals surface area contributed by atoms with E-state index >= 15 is 0 Å². The van der Waals surface area contributed by atoms with Crippen LogP contribution in [0.15, 0.2) is 36.7 Å². The van der Waals surface area contributed by atoms with Crippen molar-refractivity contribution in [1.82, 2.24) is 20.1 Å². The minimum Gasteiger partial charge on any atom is -0.497 e. The standard InChI is InChI=1S/C21H25N5O.C2HF3O2/c1-27-17-6-2-15(3-7-17)14-26-21-19(13-24-26)20(25-10-8-22-9-11-25)18(12-23-21)16-4-5-16;3-2(4,5)1(6)7/h2-3,6-7,12-13,16,22H,4-5,8-11,14H2,1H3;(H,6,7). The van der Waals surface area contributed by atoms with Gasteiger partial charge in [-0.25, -0.2) is 14.5 Å². The lowest BCUT2D eigenvalue weighted by Gasteiger charge is -2.31. The Kier molecular flexibility index (Phi) is 6.92. The van der Waals surface area contributed by atoms with E-state index in [1.807, 2.05) is 23.0 Å². The Morgan fingerprint density at radius 3 is 2.38 bits per heavy atom. The van der Waals surface area contributed by atoms with E-state index in [2.05, 4.69) is 28.5 Å². The zero-order valence-corrected chi connectivity index (χ0v) is 18.7. The number of fused-ring (bicyclic) bond motifs is 1. The summed E-state index contributed by atoms with van der Waals surface area (Å²) in [5.74, 6) is -1.21. The van der Waals surface area contributed by atoms with E-state index < -0.39 is 12.1 Å². The van der Waals surface area contributed by atoms with Crippen LogP contribution in [0.1, 0.15) is 29.9 Å². The Morgan fingerprint density at radius 2 is 1.82 bits per heavy atom. The molecular formula is C23H26F3N5O3. The maximum absolute atomic E-state index is 10.6. The average molecular weight is 477 g/mol. The number of halogens is 3. The number of nitrogens with zero attached hydrogens (tertiary/aromatic N) is 4. The fourth-order valence-corrected chi connectivity index (χ4v) is 3.98. The monoisotopic (exact) mass is 477 g/mol. The van der Waals surface area contributed by atoms with Crippen molar-refractivity contribution in [3.05, 3.63) is 47.8 Å². The van der Waals surface area contributed by atoms with Crippen LogP contribution in [0.2, 0.25) is 0 Å². The number of pyridine rings is 1. The van der Waals surface area contributed by atoms with Gasteiger partial charge < -0.3 is 20.1 Å². The van der Waals surface area contributed by atoms with E-state index in [0.717, 1.165) is 37.6 Å². The average Bonchev–Trinajstić information content (AvgIpc) is 3.60. The number of hydrogen-bond acceptors (Lipinski definition) is 6. The molecule has 11 heteroatoms. The van der Waals surface area contributed by atoms with Gasteiger partial charge in [0.25, 0.3) is 0 Å². The molecule has 5 rings (SSSR count). The van der Waals surface area contributed by atoms with Crippen LogP contribution in [0.4, 0.5) is 18.9 Å². The third-order valence-corrected chi connectivity index (χ3v) is 5.85. The molecule has 2 fully saturated rings. The summed E-state index contributed by atoms with van der Waals surface area (Å²) in [6.45, 7) is 4.87. The van der Waals surface area contributed by atoms with Gasteiger partial charge in [-0.3, -0.25) is 0 Å². The normalized spacial score (nSPS) is 16.2. The van der Waals surface area contributed by atoms with Crippen LogP contribution in [0.5, 0.6) is 5.75 Å². The number of rotatable bonds is 5. The van der Waals surface area contributed by atoms with Gasteiger partial charge in [-0.15, -0.1) is 0 Å². The van der Waals surface area contributed by atoms with Crippen molar-refractivity contribution in [3.63, 3.8) is 0 Å². The summed E-state index contributed by atoms with van der Waals surface area (Å²) in [5, 5.41) is 16.5.